The number of carboxylic acids is 1. The van der Waals surface area contributed by atoms with E-state index in [0.717, 1.165) is 11.8 Å². The van der Waals surface area contributed by atoms with Gasteiger partial charge in [-0.3, -0.25) is 23.9 Å². The van der Waals surface area contributed by atoms with Crippen molar-refractivity contribution in [1.82, 2.24) is 9.47 Å². The van der Waals surface area contributed by atoms with Crippen LogP contribution in [0, 0.1) is 18.3 Å². The average Bonchev–Trinajstić information content (AvgIpc) is 2.99. The minimum absolute atomic E-state index is 0.0267. The van der Waals surface area contributed by atoms with Gasteiger partial charge < -0.3 is 14.7 Å². The lowest BCUT2D eigenvalue weighted by atomic mass is 10.0. The van der Waals surface area contributed by atoms with Crippen LogP contribution in [0.15, 0.2) is 9.70 Å². The highest BCUT2D eigenvalue weighted by Crippen LogP contribution is 2.36. The molecule has 2 aliphatic heterocycles. The number of carbonyl (C=O) groups is 2. The molecule has 3 rings (SSSR count). The van der Waals surface area contributed by atoms with E-state index in [4.69, 9.17) is 22.1 Å². The summed E-state index contributed by atoms with van der Waals surface area (Å²) in [5, 5.41) is 18.5. The van der Waals surface area contributed by atoms with Gasteiger partial charge in [0.25, 0.3) is 11.5 Å². The third kappa shape index (κ3) is 5.13. The first-order valence-corrected chi connectivity index (χ1v) is 11.8. The molecular formula is C22H26N4O5S2. The van der Waals surface area contributed by atoms with E-state index in [1.807, 2.05) is 24.8 Å². The Bertz CT molecular complexity index is 1130. The normalized spacial score (nSPS) is 22.2. The molecule has 3 heterocycles. The fraction of sp³-hybridized carbons (Fsp3) is 0.500. The Morgan fingerprint density at radius 3 is 2.55 bits per heavy atom. The Kier molecular flexibility index (Phi) is 7.62. The fourth-order valence-corrected chi connectivity index (χ4v) is 5.45. The number of carboxylic acid groups (broad SMARTS) is 1. The van der Waals surface area contributed by atoms with E-state index in [1.54, 1.807) is 20.0 Å². The number of nitriles is 1. The molecule has 1 amide bonds. The number of aliphatic carboxylic acids is 1. The Morgan fingerprint density at radius 2 is 1.97 bits per heavy atom. The van der Waals surface area contributed by atoms with Crippen LogP contribution in [-0.4, -0.2) is 62.6 Å². The van der Waals surface area contributed by atoms with Crippen molar-refractivity contribution in [3.8, 4) is 6.07 Å². The van der Waals surface area contributed by atoms with Gasteiger partial charge in [0.1, 0.15) is 21.8 Å². The number of aromatic nitrogens is 1. The Hall–Kier alpha value is -2.68. The lowest BCUT2D eigenvalue weighted by Gasteiger charge is -2.38. The Balaban J connectivity index is 2.08. The summed E-state index contributed by atoms with van der Waals surface area (Å²) in [5.41, 5.74) is 0.744. The zero-order valence-corrected chi connectivity index (χ0v) is 20.6. The largest absolute Gasteiger partial charge is 0.481 e. The van der Waals surface area contributed by atoms with Crippen LogP contribution >= 0.6 is 24.0 Å². The first-order chi connectivity index (χ1) is 15.5. The van der Waals surface area contributed by atoms with E-state index in [0.29, 0.717) is 45.7 Å². The minimum Gasteiger partial charge on any atom is -0.481 e. The monoisotopic (exact) mass is 490 g/mol. The number of pyridine rings is 1. The summed E-state index contributed by atoms with van der Waals surface area (Å²) in [7, 11) is 1.62. The van der Waals surface area contributed by atoms with Crippen molar-refractivity contribution in [2.24, 2.45) is 7.05 Å². The third-order valence-electron chi connectivity index (χ3n) is 5.61. The second kappa shape index (κ2) is 10.1. The van der Waals surface area contributed by atoms with Crippen LogP contribution in [0.2, 0.25) is 0 Å². The average molecular weight is 491 g/mol. The van der Waals surface area contributed by atoms with Crippen molar-refractivity contribution < 1.29 is 19.4 Å². The van der Waals surface area contributed by atoms with Crippen molar-refractivity contribution in [2.45, 2.75) is 45.8 Å². The summed E-state index contributed by atoms with van der Waals surface area (Å²) in [5.74, 6) is -0.620. The molecule has 0 spiro atoms. The first-order valence-electron chi connectivity index (χ1n) is 10.6. The molecule has 0 aliphatic carbocycles. The molecule has 2 saturated heterocycles. The van der Waals surface area contributed by atoms with Gasteiger partial charge in [-0.15, -0.1) is 0 Å². The van der Waals surface area contributed by atoms with Crippen molar-refractivity contribution in [3.05, 3.63) is 31.9 Å². The number of thiocarbonyl (C=S) groups is 1. The number of nitrogens with zero attached hydrogens (tertiary/aromatic N) is 4. The van der Waals surface area contributed by atoms with Gasteiger partial charge in [-0.2, -0.15) is 5.26 Å². The van der Waals surface area contributed by atoms with Crippen molar-refractivity contribution in [3.63, 3.8) is 0 Å². The van der Waals surface area contributed by atoms with Gasteiger partial charge in [0.05, 0.1) is 17.1 Å². The van der Waals surface area contributed by atoms with Crippen molar-refractivity contribution in [1.29, 1.82) is 5.26 Å². The van der Waals surface area contributed by atoms with Gasteiger partial charge in [0, 0.05) is 38.7 Å². The highest BCUT2D eigenvalue weighted by molar-refractivity contribution is 8.26. The topological polar surface area (TPSA) is 116 Å². The highest BCUT2D eigenvalue weighted by Gasteiger charge is 2.33. The summed E-state index contributed by atoms with van der Waals surface area (Å²) in [4.78, 5) is 40.6. The lowest BCUT2D eigenvalue weighted by Crippen LogP contribution is -2.47. The maximum atomic E-state index is 13.0. The van der Waals surface area contributed by atoms with Crippen LogP contribution in [0.1, 0.15) is 43.4 Å². The van der Waals surface area contributed by atoms with Crippen LogP contribution in [0.3, 0.4) is 0 Å². The van der Waals surface area contributed by atoms with Crippen molar-refractivity contribution in [2.75, 3.05) is 24.5 Å². The molecule has 0 saturated carbocycles. The molecule has 2 unspecified atom stereocenters. The maximum Gasteiger partial charge on any atom is 0.303 e. The molecule has 9 nitrogen and oxygen atoms in total. The van der Waals surface area contributed by atoms with Crippen molar-refractivity contribution >= 4 is 52.1 Å². The number of anilines is 1. The number of hydrogen-bond donors (Lipinski definition) is 1. The van der Waals surface area contributed by atoms with E-state index in [-0.39, 0.29) is 36.6 Å². The number of thioether (sulfide) groups is 1. The zero-order chi connectivity index (χ0) is 24.4. The molecule has 176 valence electrons. The number of ether oxygens (including phenoxy) is 1. The van der Waals surface area contributed by atoms with Gasteiger partial charge in [-0.05, 0) is 38.8 Å². The third-order valence-corrected chi connectivity index (χ3v) is 6.99. The smallest absolute Gasteiger partial charge is 0.303 e. The number of carbonyl (C=O) groups excluding carboxylic acids is 1. The maximum absolute atomic E-state index is 13.0. The van der Waals surface area contributed by atoms with Gasteiger partial charge in [0.2, 0.25) is 0 Å². The zero-order valence-electron chi connectivity index (χ0n) is 19.0. The standard InChI is InChI=1S/C22H26N4O5S2/c1-12-10-25(11-13(2)31-12)19-15(14(3)16(9-23)20(29)24(19)4)8-17-21(30)26(22(32)33-17)7-5-6-18(27)28/h8,12-13H,5-7,10-11H2,1-4H3,(H,27,28)/b17-8-. The molecule has 33 heavy (non-hydrogen) atoms. The molecule has 2 fully saturated rings. The van der Waals surface area contributed by atoms with Crippen LogP contribution in [0.25, 0.3) is 6.08 Å². The number of morpholine rings is 1. The quantitative estimate of drug-likeness (QED) is 0.473. The van der Waals surface area contributed by atoms with Gasteiger partial charge in [-0.1, -0.05) is 24.0 Å². The van der Waals surface area contributed by atoms with Gasteiger partial charge in [0.15, 0.2) is 0 Å². The first kappa shape index (κ1) is 25.0. The Labute approximate surface area is 201 Å². The SMILES string of the molecule is Cc1c(/C=C2\SC(=S)N(CCCC(=O)O)C2=O)c(N2CC(C)OC(C)C2)n(C)c(=O)c1C#N. The lowest BCUT2D eigenvalue weighted by molar-refractivity contribution is -0.137. The summed E-state index contributed by atoms with van der Waals surface area (Å²) >= 11 is 6.48. The number of amides is 1. The highest BCUT2D eigenvalue weighted by atomic mass is 32.2. The Morgan fingerprint density at radius 1 is 1.33 bits per heavy atom. The summed E-state index contributed by atoms with van der Waals surface area (Å²) in [6, 6.07) is 2.00. The van der Waals surface area contributed by atoms with Crippen LogP contribution in [0.4, 0.5) is 5.82 Å². The molecule has 0 bridgehead atoms. The molecule has 0 aromatic carbocycles. The molecule has 0 radical (unpaired) electrons. The van der Waals surface area contributed by atoms with E-state index >= 15 is 0 Å². The predicted octanol–water partition coefficient (Wildman–Crippen LogP) is 2.25. The van der Waals surface area contributed by atoms with Crippen LogP contribution < -0.4 is 10.5 Å². The summed E-state index contributed by atoms with van der Waals surface area (Å²) < 4.78 is 7.65. The molecule has 2 atom stereocenters. The fourth-order valence-electron chi connectivity index (χ4n) is 4.16. The van der Waals surface area contributed by atoms with Gasteiger partial charge >= 0.3 is 5.97 Å². The molecular weight excluding hydrogens is 464 g/mol. The minimum atomic E-state index is -0.931. The predicted molar refractivity (Wildman–Crippen MR) is 130 cm³/mol. The summed E-state index contributed by atoms with van der Waals surface area (Å²) in [6.07, 6.45) is 1.81. The molecule has 1 aromatic heterocycles. The van der Waals surface area contributed by atoms with Crippen LogP contribution in [0.5, 0.6) is 0 Å². The van der Waals surface area contributed by atoms with Gasteiger partial charge in [-0.25, -0.2) is 0 Å². The van der Waals surface area contributed by atoms with E-state index in [9.17, 15) is 19.6 Å². The van der Waals surface area contributed by atoms with E-state index in [2.05, 4.69) is 0 Å². The summed E-state index contributed by atoms with van der Waals surface area (Å²) in [6.45, 7) is 6.95. The molecule has 11 heteroatoms. The van der Waals surface area contributed by atoms with E-state index in [1.165, 1.54) is 9.47 Å². The molecule has 2 aliphatic rings. The van der Waals surface area contributed by atoms with Crippen LogP contribution in [-0.2, 0) is 21.4 Å². The molecule has 1 N–H and O–H groups in total. The second-order valence-electron chi connectivity index (χ2n) is 8.21. The molecule has 1 aromatic rings. The number of rotatable bonds is 6. The number of hydrogen-bond acceptors (Lipinski definition) is 8. The van der Waals surface area contributed by atoms with E-state index < -0.39 is 11.5 Å². The second-order valence-corrected chi connectivity index (χ2v) is 9.88.